The van der Waals surface area contributed by atoms with E-state index in [4.69, 9.17) is 0 Å². The Morgan fingerprint density at radius 1 is 0.967 bits per heavy atom. The van der Waals surface area contributed by atoms with Crippen molar-refractivity contribution >= 4 is 23.5 Å². The lowest BCUT2D eigenvalue weighted by Gasteiger charge is -2.30. The maximum absolute atomic E-state index is 12.9. The maximum Gasteiger partial charge on any atom is 0.416 e. The van der Waals surface area contributed by atoms with E-state index in [2.05, 4.69) is 5.32 Å². The van der Waals surface area contributed by atoms with E-state index >= 15 is 0 Å². The van der Waals surface area contributed by atoms with E-state index in [1.807, 2.05) is 5.32 Å². The lowest BCUT2D eigenvalue weighted by Crippen LogP contribution is -2.48. The number of benzene rings is 1. The molecule has 30 heavy (non-hydrogen) atoms. The van der Waals surface area contributed by atoms with Crippen LogP contribution in [0.5, 0.6) is 0 Å². The van der Waals surface area contributed by atoms with Gasteiger partial charge in [-0.1, -0.05) is 19.3 Å². The number of alkyl halides is 6. The summed E-state index contributed by atoms with van der Waals surface area (Å²) in [5.41, 5.74) is -5.04. The number of anilines is 1. The Kier molecular flexibility index (Phi) is 5.46. The Labute approximate surface area is 166 Å². The zero-order valence-corrected chi connectivity index (χ0v) is 15.4. The van der Waals surface area contributed by atoms with Crippen LogP contribution in [0.4, 0.5) is 36.8 Å². The maximum atomic E-state index is 12.9. The molecule has 0 bridgehead atoms. The summed E-state index contributed by atoms with van der Waals surface area (Å²) >= 11 is 0. The molecule has 1 aromatic carbocycles. The van der Waals surface area contributed by atoms with Gasteiger partial charge in [-0.25, -0.2) is 4.79 Å². The molecule has 0 unspecified atom stereocenters. The Hall–Kier alpha value is -2.79. The molecule has 1 saturated heterocycles. The summed E-state index contributed by atoms with van der Waals surface area (Å²) in [5, 5.41) is 4.47. The van der Waals surface area contributed by atoms with Gasteiger partial charge in [0.25, 0.3) is 5.91 Å². The van der Waals surface area contributed by atoms with Crippen molar-refractivity contribution in [1.82, 2.24) is 10.2 Å². The number of hydrogen-bond donors (Lipinski definition) is 2. The van der Waals surface area contributed by atoms with Gasteiger partial charge in [-0.2, -0.15) is 26.3 Å². The number of hydrogen-bond acceptors (Lipinski definition) is 3. The van der Waals surface area contributed by atoms with Crippen molar-refractivity contribution < 1.29 is 40.7 Å². The number of nitrogens with one attached hydrogen (secondary N) is 2. The highest BCUT2D eigenvalue weighted by atomic mass is 19.4. The Morgan fingerprint density at radius 2 is 1.50 bits per heavy atom. The van der Waals surface area contributed by atoms with Crippen LogP contribution < -0.4 is 10.6 Å². The molecule has 0 atom stereocenters. The molecule has 2 N–H and O–H groups in total. The van der Waals surface area contributed by atoms with Crippen molar-refractivity contribution in [3.8, 4) is 0 Å². The number of carbonyl (C=O) groups is 3. The van der Waals surface area contributed by atoms with Gasteiger partial charge < -0.3 is 10.6 Å². The minimum atomic E-state index is -5.07. The van der Waals surface area contributed by atoms with Gasteiger partial charge in [0, 0.05) is 5.69 Å². The van der Waals surface area contributed by atoms with Gasteiger partial charge in [-0.15, -0.1) is 0 Å². The summed E-state index contributed by atoms with van der Waals surface area (Å²) in [4.78, 5) is 37.6. The number of urea groups is 1. The molecule has 12 heteroatoms. The van der Waals surface area contributed by atoms with Gasteiger partial charge in [0.15, 0.2) is 0 Å². The summed E-state index contributed by atoms with van der Waals surface area (Å²) in [6.07, 6.45) is -7.04. The zero-order valence-electron chi connectivity index (χ0n) is 15.4. The summed E-state index contributed by atoms with van der Waals surface area (Å²) < 4.78 is 77.5. The predicted octanol–water partition coefficient (Wildman–Crippen LogP) is 3.92. The monoisotopic (exact) mass is 437 g/mol. The highest BCUT2D eigenvalue weighted by Gasteiger charge is 2.51. The largest absolute Gasteiger partial charge is 0.416 e. The number of imide groups is 1. The first-order chi connectivity index (χ1) is 13.8. The Morgan fingerprint density at radius 3 is 2.00 bits per heavy atom. The summed E-state index contributed by atoms with van der Waals surface area (Å²) in [7, 11) is 0. The van der Waals surface area contributed by atoms with E-state index in [1.54, 1.807) is 0 Å². The third-order valence-corrected chi connectivity index (χ3v) is 5.13. The quantitative estimate of drug-likeness (QED) is 0.556. The lowest BCUT2D eigenvalue weighted by atomic mass is 9.82. The minimum Gasteiger partial charge on any atom is -0.325 e. The highest BCUT2D eigenvalue weighted by Crippen LogP contribution is 2.38. The topological polar surface area (TPSA) is 78.5 Å². The van der Waals surface area contributed by atoms with Crippen LogP contribution in [0.25, 0.3) is 0 Å². The second kappa shape index (κ2) is 7.47. The molecule has 1 aliphatic carbocycles. The third kappa shape index (κ3) is 4.36. The molecule has 1 aromatic rings. The molecule has 1 saturated carbocycles. The molecule has 0 aromatic heterocycles. The SMILES string of the molecule is O=C(CN1C(=O)NC2(CCCCC2)C1=O)Nc1cc(C(F)(F)F)cc(C(F)(F)F)c1. The normalized spacial score (nSPS) is 19.2. The number of amides is 4. The van der Waals surface area contributed by atoms with E-state index in [-0.39, 0.29) is 6.07 Å². The molecule has 164 valence electrons. The number of nitrogens with zero attached hydrogens (tertiary/aromatic N) is 1. The zero-order chi connectivity index (χ0) is 22.3. The van der Waals surface area contributed by atoms with Crippen LogP contribution in [0.2, 0.25) is 0 Å². The van der Waals surface area contributed by atoms with Crippen molar-refractivity contribution in [3.63, 3.8) is 0 Å². The fraction of sp³-hybridized carbons (Fsp3) is 0.500. The molecular weight excluding hydrogens is 420 g/mol. The van der Waals surface area contributed by atoms with E-state index in [1.165, 1.54) is 0 Å². The molecule has 0 radical (unpaired) electrons. The van der Waals surface area contributed by atoms with Gasteiger partial charge in [-0.05, 0) is 31.0 Å². The number of halogens is 6. The van der Waals surface area contributed by atoms with E-state index in [0.29, 0.717) is 42.7 Å². The first-order valence-electron chi connectivity index (χ1n) is 9.05. The van der Waals surface area contributed by atoms with Crippen molar-refractivity contribution in [2.45, 2.75) is 50.0 Å². The third-order valence-electron chi connectivity index (χ3n) is 5.13. The van der Waals surface area contributed by atoms with Crippen LogP contribution in [0.15, 0.2) is 18.2 Å². The Bertz CT molecular complexity index is 843. The van der Waals surface area contributed by atoms with Crippen LogP contribution in [-0.4, -0.2) is 34.8 Å². The average Bonchev–Trinajstić information content (AvgIpc) is 2.84. The lowest BCUT2D eigenvalue weighted by molar-refractivity contribution is -0.143. The van der Waals surface area contributed by atoms with Crippen molar-refractivity contribution in [2.24, 2.45) is 0 Å². The first kappa shape index (κ1) is 21.9. The highest BCUT2D eigenvalue weighted by molar-refractivity contribution is 6.10. The second-order valence-electron chi connectivity index (χ2n) is 7.31. The molecule has 2 fully saturated rings. The summed E-state index contributed by atoms with van der Waals surface area (Å²) in [6, 6.07) is -0.194. The summed E-state index contributed by atoms with van der Waals surface area (Å²) in [5.74, 6) is -1.72. The van der Waals surface area contributed by atoms with E-state index in [9.17, 15) is 40.7 Å². The number of rotatable bonds is 3. The molecule has 1 heterocycles. The van der Waals surface area contributed by atoms with E-state index in [0.717, 1.165) is 6.42 Å². The van der Waals surface area contributed by atoms with Crippen molar-refractivity contribution in [1.29, 1.82) is 0 Å². The van der Waals surface area contributed by atoms with Gasteiger partial charge >= 0.3 is 18.4 Å². The van der Waals surface area contributed by atoms with Crippen LogP contribution in [0, 0.1) is 0 Å². The predicted molar refractivity (Wildman–Crippen MR) is 91.1 cm³/mol. The summed E-state index contributed by atoms with van der Waals surface area (Å²) in [6.45, 7) is -0.829. The van der Waals surface area contributed by atoms with Gasteiger partial charge in [0.1, 0.15) is 12.1 Å². The fourth-order valence-electron chi connectivity index (χ4n) is 3.69. The average molecular weight is 437 g/mol. The number of carbonyl (C=O) groups excluding carboxylic acids is 3. The van der Waals surface area contributed by atoms with Crippen molar-refractivity contribution in [2.75, 3.05) is 11.9 Å². The molecule has 3 rings (SSSR count). The van der Waals surface area contributed by atoms with Crippen LogP contribution in [0.3, 0.4) is 0 Å². The molecular formula is C18H17F6N3O3. The van der Waals surface area contributed by atoms with Crippen LogP contribution in [-0.2, 0) is 21.9 Å². The molecule has 1 aliphatic heterocycles. The molecule has 6 nitrogen and oxygen atoms in total. The molecule has 2 aliphatic rings. The standard InChI is InChI=1S/C18H17F6N3O3/c19-17(20,21)10-6-11(18(22,23)24)8-12(7-10)25-13(28)9-27-14(29)16(26-15(27)30)4-2-1-3-5-16/h6-8H,1-5,9H2,(H,25,28)(H,26,30). The molecule has 4 amide bonds. The van der Waals surface area contributed by atoms with Crippen molar-refractivity contribution in [3.05, 3.63) is 29.3 Å². The van der Waals surface area contributed by atoms with Gasteiger partial charge in [0.05, 0.1) is 11.1 Å². The smallest absolute Gasteiger partial charge is 0.325 e. The van der Waals surface area contributed by atoms with Gasteiger partial charge in [-0.3, -0.25) is 14.5 Å². The fourth-order valence-corrected chi connectivity index (χ4v) is 3.69. The Balaban J connectivity index is 1.78. The van der Waals surface area contributed by atoms with Gasteiger partial charge in [0.2, 0.25) is 5.91 Å². The molecule has 1 spiro atoms. The minimum absolute atomic E-state index is 0.0695. The second-order valence-corrected chi connectivity index (χ2v) is 7.31. The van der Waals surface area contributed by atoms with Crippen LogP contribution >= 0.6 is 0 Å². The first-order valence-corrected chi connectivity index (χ1v) is 9.05. The van der Waals surface area contributed by atoms with E-state index < -0.39 is 59.1 Å². The van der Waals surface area contributed by atoms with Crippen LogP contribution in [0.1, 0.15) is 43.2 Å².